The van der Waals surface area contributed by atoms with Crippen molar-refractivity contribution in [3.63, 3.8) is 0 Å². The van der Waals surface area contributed by atoms with E-state index in [2.05, 4.69) is 23.6 Å². The van der Waals surface area contributed by atoms with Gasteiger partial charge in [-0.2, -0.15) is 0 Å². The maximum atomic E-state index is 2.83. The molecule has 0 N–H and O–H groups in total. The van der Waals surface area contributed by atoms with Gasteiger partial charge >= 0.3 is 0 Å². The second-order valence-electron chi connectivity index (χ2n) is 7.18. The molecule has 0 spiro atoms. The van der Waals surface area contributed by atoms with Crippen molar-refractivity contribution in [3.05, 3.63) is 0 Å². The van der Waals surface area contributed by atoms with Gasteiger partial charge in [-0.25, -0.2) is 0 Å². The van der Waals surface area contributed by atoms with E-state index in [4.69, 9.17) is 0 Å². The Morgan fingerprint density at radius 3 is 2.67 bits per heavy atom. The molecule has 0 radical (unpaired) electrons. The van der Waals surface area contributed by atoms with E-state index in [1.165, 1.54) is 64.7 Å². The van der Waals surface area contributed by atoms with Gasteiger partial charge in [0.25, 0.3) is 0 Å². The second kappa shape index (κ2) is 5.50. The van der Waals surface area contributed by atoms with Crippen molar-refractivity contribution in [1.29, 1.82) is 0 Å². The highest BCUT2D eigenvalue weighted by Gasteiger charge is 2.37. The Kier molecular flexibility index (Phi) is 3.95. The van der Waals surface area contributed by atoms with Gasteiger partial charge in [0.2, 0.25) is 0 Å². The minimum Gasteiger partial charge on any atom is -0.298 e. The highest BCUT2D eigenvalue weighted by Crippen LogP contribution is 2.34. The lowest BCUT2D eigenvalue weighted by Crippen LogP contribution is -2.57. The first-order valence-electron chi connectivity index (χ1n) is 8.22. The van der Waals surface area contributed by atoms with E-state index in [9.17, 15) is 0 Å². The Hall–Kier alpha value is -0.0800. The molecule has 2 unspecified atom stereocenters. The maximum absolute atomic E-state index is 2.83. The molecule has 2 aliphatic heterocycles. The van der Waals surface area contributed by atoms with Gasteiger partial charge in [0.05, 0.1) is 0 Å². The van der Waals surface area contributed by atoms with Gasteiger partial charge in [0.1, 0.15) is 0 Å². The SMILES string of the molecule is CC(C)C1CN2CCCC2CN1CCCC1CC1. The third-order valence-electron chi connectivity index (χ3n) is 5.36. The molecule has 2 atom stereocenters. The van der Waals surface area contributed by atoms with Crippen molar-refractivity contribution in [2.75, 3.05) is 26.2 Å². The van der Waals surface area contributed by atoms with Crippen molar-refractivity contribution in [2.24, 2.45) is 11.8 Å². The number of nitrogens with zero attached hydrogens (tertiary/aromatic N) is 2. The molecular weight excluding hydrogens is 220 g/mol. The molecule has 0 amide bonds. The summed E-state index contributed by atoms with van der Waals surface area (Å²) in [5, 5.41) is 0. The lowest BCUT2D eigenvalue weighted by atomic mass is 9.97. The predicted molar refractivity (Wildman–Crippen MR) is 76.8 cm³/mol. The van der Waals surface area contributed by atoms with Crippen molar-refractivity contribution in [2.45, 2.75) is 64.5 Å². The van der Waals surface area contributed by atoms with Crippen molar-refractivity contribution in [3.8, 4) is 0 Å². The van der Waals surface area contributed by atoms with Crippen LogP contribution in [0.1, 0.15) is 52.4 Å². The minimum absolute atomic E-state index is 0.812. The van der Waals surface area contributed by atoms with E-state index >= 15 is 0 Å². The van der Waals surface area contributed by atoms with Crippen LogP contribution < -0.4 is 0 Å². The van der Waals surface area contributed by atoms with Gasteiger partial charge in [-0.15, -0.1) is 0 Å². The zero-order valence-electron chi connectivity index (χ0n) is 12.3. The Morgan fingerprint density at radius 2 is 1.94 bits per heavy atom. The summed E-state index contributed by atoms with van der Waals surface area (Å²) >= 11 is 0. The summed E-state index contributed by atoms with van der Waals surface area (Å²) in [6, 6.07) is 1.71. The molecule has 18 heavy (non-hydrogen) atoms. The number of hydrogen-bond donors (Lipinski definition) is 0. The fourth-order valence-electron chi connectivity index (χ4n) is 3.98. The number of fused-ring (bicyclic) bond motifs is 1. The van der Waals surface area contributed by atoms with Gasteiger partial charge < -0.3 is 0 Å². The molecule has 0 aromatic rings. The quantitative estimate of drug-likeness (QED) is 0.740. The van der Waals surface area contributed by atoms with E-state index < -0.39 is 0 Å². The van der Waals surface area contributed by atoms with Crippen LogP contribution in [-0.4, -0.2) is 48.1 Å². The molecular formula is C16H30N2. The van der Waals surface area contributed by atoms with Crippen LogP contribution in [0.15, 0.2) is 0 Å². The Labute approximate surface area is 113 Å². The monoisotopic (exact) mass is 250 g/mol. The second-order valence-corrected chi connectivity index (χ2v) is 7.18. The number of hydrogen-bond acceptors (Lipinski definition) is 2. The molecule has 3 rings (SSSR count). The van der Waals surface area contributed by atoms with Crippen LogP contribution in [0.25, 0.3) is 0 Å². The zero-order chi connectivity index (χ0) is 12.5. The first-order chi connectivity index (χ1) is 8.74. The van der Waals surface area contributed by atoms with Crippen LogP contribution in [-0.2, 0) is 0 Å². The average Bonchev–Trinajstić information content (AvgIpc) is 3.05. The minimum atomic E-state index is 0.812. The standard InChI is InChI=1S/C16H30N2/c1-13(2)16-12-17-9-4-6-15(17)11-18(16)10-3-5-14-7-8-14/h13-16H,3-12H2,1-2H3. The third kappa shape index (κ3) is 2.91. The van der Waals surface area contributed by atoms with E-state index in [-0.39, 0.29) is 0 Å². The van der Waals surface area contributed by atoms with Gasteiger partial charge in [-0.3, -0.25) is 9.80 Å². The molecule has 104 valence electrons. The Balaban J connectivity index is 1.54. The molecule has 1 saturated carbocycles. The van der Waals surface area contributed by atoms with Crippen LogP contribution in [0.5, 0.6) is 0 Å². The highest BCUT2D eigenvalue weighted by molar-refractivity contribution is 4.93. The van der Waals surface area contributed by atoms with Crippen molar-refractivity contribution >= 4 is 0 Å². The van der Waals surface area contributed by atoms with E-state index in [1.54, 1.807) is 0 Å². The topological polar surface area (TPSA) is 6.48 Å². The first-order valence-corrected chi connectivity index (χ1v) is 8.22. The van der Waals surface area contributed by atoms with E-state index in [0.717, 1.165) is 23.9 Å². The van der Waals surface area contributed by atoms with Crippen molar-refractivity contribution in [1.82, 2.24) is 9.80 Å². The molecule has 2 heteroatoms. The van der Waals surface area contributed by atoms with E-state index in [1.807, 2.05) is 0 Å². The van der Waals surface area contributed by atoms with Crippen LogP contribution >= 0.6 is 0 Å². The first kappa shape index (κ1) is 12.9. The summed E-state index contributed by atoms with van der Waals surface area (Å²) in [6.07, 6.45) is 8.86. The van der Waals surface area contributed by atoms with E-state index in [0.29, 0.717) is 0 Å². The van der Waals surface area contributed by atoms with Gasteiger partial charge in [0.15, 0.2) is 0 Å². The smallest absolute Gasteiger partial charge is 0.0246 e. The normalized spacial score (nSPS) is 34.2. The predicted octanol–water partition coefficient (Wildman–Crippen LogP) is 2.98. The summed E-state index contributed by atoms with van der Waals surface area (Å²) in [4.78, 5) is 5.60. The number of piperazine rings is 1. The summed E-state index contributed by atoms with van der Waals surface area (Å²) in [6.45, 7) is 10.2. The van der Waals surface area contributed by atoms with Gasteiger partial charge in [-0.1, -0.05) is 26.7 Å². The largest absolute Gasteiger partial charge is 0.298 e. The molecule has 1 aliphatic carbocycles. The number of rotatable bonds is 5. The third-order valence-corrected chi connectivity index (χ3v) is 5.36. The lowest BCUT2D eigenvalue weighted by Gasteiger charge is -2.45. The van der Waals surface area contributed by atoms with Gasteiger partial charge in [0, 0.05) is 25.2 Å². The Morgan fingerprint density at radius 1 is 1.11 bits per heavy atom. The molecule has 3 fully saturated rings. The molecule has 3 aliphatic rings. The molecule has 0 bridgehead atoms. The highest BCUT2D eigenvalue weighted by atomic mass is 15.3. The average molecular weight is 250 g/mol. The molecule has 0 aromatic heterocycles. The fourth-order valence-corrected chi connectivity index (χ4v) is 3.98. The maximum Gasteiger partial charge on any atom is 0.0246 e. The summed E-state index contributed by atoms with van der Waals surface area (Å²) in [7, 11) is 0. The summed E-state index contributed by atoms with van der Waals surface area (Å²) < 4.78 is 0. The van der Waals surface area contributed by atoms with Crippen LogP contribution in [0, 0.1) is 11.8 Å². The van der Waals surface area contributed by atoms with Gasteiger partial charge in [-0.05, 0) is 50.6 Å². The molecule has 2 saturated heterocycles. The molecule has 2 heterocycles. The van der Waals surface area contributed by atoms with Crippen LogP contribution in [0.2, 0.25) is 0 Å². The van der Waals surface area contributed by atoms with Crippen LogP contribution in [0.4, 0.5) is 0 Å². The summed E-state index contributed by atoms with van der Waals surface area (Å²) in [5.74, 6) is 1.92. The Bertz CT molecular complexity index is 272. The van der Waals surface area contributed by atoms with Crippen molar-refractivity contribution < 1.29 is 0 Å². The fraction of sp³-hybridized carbons (Fsp3) is 1.00. The summed E-state index contributed by atoms with van der Waals surface area (Å²) in [5.41, 5.74) is 0. The lowest BCUT2D eigenvalue weighted by molar-refractivity contribution is 0.0282. The molecule has 2 nitrogen and oxygen atoms in total. The molecule has 0 aromatic carbocycles. The zero-order valence-corrected chi connectivity index (χ0v) is 12.3. The van der Waals surface area contributed by atoms with Crippen LogP contribution in [0.3, 0.4) is 0 Å².